The molecule has 1 amide bonds. The fraction of sp³-hybridized carbons (Fsp3) is 0.348. The number of nitrogens with one attached hydrogen (secondary N) is 1. The number of aromatic nitrogens is 2. The standard InChI is InChI=1S/C23H29N5O4/c1-12-9-15(13(2)14(3)20(12)29)22(30)25-7-8-28(4)23-26-17-11-19(32-6)18(31-5)10-16(17)21(24)27-23/h9-11,29H,7-8H2,1-6H3,(H,25,30)(H2,24,26,27). The van der Waals surface area contributed by atoms with Gasteiger partial charge in [0.25, 0.3) is 5.91 Å². The number of methoxy groups -OCH3 is 2. The highest BCUT2D eigenvalue weighted by Gasteiger charge is 2.16. The van der Waals surface area contributed by atoms with E-state index in [0.29, 0.717) is 63.9 Å². The normalized spacial score (nSPS) is 10.8. The molecule has 9 heteroatoms. The molecule has 0 aliphatic carbocycles. The van der Waals surface area contributed by atoms with Crippen LogP contribution in [0.5, 0.6) is 17.2 Å². The number of anilines is 2. The maximum absolute atomic E-state index is 12.7. The van der Waals surface area contributed by atoms with Gasteiger partial charge in [-0.3, -0.25) is 4.79 Å². The maximum Gasteiger partial charge on any atom is 0.251 e. The molecule has 0 saturated heterocycles. The van der Waals surface area contributed by atoms with Crippen LogP contribution in [-0.4, -0.2) is 55.3 Å². The van der Waals surface area contributed by atoms with E-state index in [4.69, 9.17) is 15.2 Å². The largest absolute Gasteiger partial charge is 0.507 e. The van der Waals surface area contributed by atoms with Gasteiger partial charge in [0.1, 0.15) is 11.6 Å². The number of nitrogen functional groups attached to an aromatic ring is 1. The molecular formula is C23H29N5O4. The number of amides is 1. The van der Waals surface area contributed by atoms with Crippen LogP contribution in [0.15, 0.2) is 18.2 Å². The Bertz CT molecular complexity index is 1180. The number of ether oxygens (including phenoxy) is 2. The number of phenolic OH excluding ortho intramolecular Hbond substituents is 1. The molecule has 0 atom stereocenters. The van der Waals surface area contributed by atoms with Crippen molar-refractivity contribution in [3.63, 3.8) is 0 Å². The minimum absolute atomic E-state index is 0.196. The molecule has 1 heterocycles. The van der Waals surface area contributed by atoms with Crippen molar-refractivity contribution in [3.05, 3.63) is 40.5 Å². The molecular weight excluding hydrogens is 410 g/mol. The molecule has 3 aromatic rings. The summed E-state index contributed by atoms with van der Waals surface area (Å²) in [4.78, 5) is 23.5. The van der Waals surface area contributed by atoms with Crippen molar-refractivity contribution in [1.82, 2.24) is 15.3 Å². The smallest absolute Gasteiger partial charge is 0.251 e. The Balaban J connectivity index is 1.74. The number of rotatable bonds is 7. The van der Waals surface area contributed by atoms with Crippen LogP contribution in [0.25, 0.3) is 10.9 Å². The number of likely N-dealkylation sites (N-methyl/N-ethyl adjacent to an activating group) is 1. The Kier molecular flexibility index (Phi) is 6.57. The summed E-state index contributed by atoms with van der Waals surface area (Å²) in [5.41, 5.74) is 9.47. The van der Waals surface area contributed by atoms with Crippen molar-refractivity contribution in [2.24, 2.45) is 0 Å². The van der Waals surface area contributed by atoms with E-state index in [-0.39, 0.29) is 11.7 Å². The third kappa shape index (κ3) is 4.32. The lowest BCUT2D eigenvalue weighted by molar-refractivity contribution is 0.0954. The number of carbonyl (C=O) groups excluding carboxylic acids is 1. The first-order valence-electron chi connectivity index (χ1n) is 10.2. The highest BCUT2D eigenvalue weighted by molar-refractivity contribution is 5.96. The van der Waals surface area contributed by atoms with Crippen LogP contribution >= 0.6 is 0 Å². The number of hydrogen-bond donors (Lipinski definition) is 3. The Hall–Kier alpha value is -3.75. The first-order chi connectivity index (χ1) is 15.2. The molecule has 2 aromatic carbocycles. The molecule has 170 valence electrons. The molecule has 0 saturated carbocycles. The van der Waals surface area contributed by atoms with Gasteiger partial charge in [-0.05, 0) is 49.6 Å². The van der Waals surface area contributed by atoms with Gasteiger partial charge in [0.05, 0.1) is 19.7 Å². The van der Waals surface area contributed by atoms with Crippen molar-refractivity contribution in [1.29, 1.82) is 0 Å². The summed E-state index contributed by atoms with van der Waals surface area (Å²) < 4.78 is 10.7. The van der Waals surface area contributed by atoms with E-state index in [0.717, 1.165) is 5.56 Å². The van der Waals surface area contributed by atoms with E-state index >= 15 is 0 Å². The molecule has 0 bridgehead atoms. The summed E-state index contributed by atoms with van der Waals surface area (Å²) >= 11 is 0. The lowest BCUT2D eigenvalue weighted by Crippen LogP contribution is -2.34. The number of fused-ring (bicyclic) bond motifs is 1. The Morgan fingerprint density at radius 1 is 1.09 bits per heavy atom. The molecule has 0 radical (unpaired) electrons. The fourth-order valence-electron chi connectivity index (χ4n) is 3.47. The topological polar surface area (TPSA) is 123 Å². The molecule has 0 spiro atoms. The molecule has 0 aliphatic rings. The van der Waals surface area contributed by atoms with Gasteiger partial charge in [0, 0.05) is 37.2 Å². The van der Waals surface area contributed by atoms with Gasteiger partial charge in [-0.25, -0.2) is 4.98 Å². The second-order valence-corrected chi connectivity index (χ2v) is 7.65. The van der Waals surface area contributed by atoms with Gasteiger partial charge >= 0.3 is 0 Å². The lowest BCUT2D eigenvalue weighted by atomic mass is 9.98. The van der Waals surface area contributed by atoms with E-state index in [1.807, 2.05) is 18.9 Å². The quantitative estimate of drug-likeness (QED) is 0.514. The first kappa shape index (κ1) is 22.9. The molecule has 3 rings (SSSR count). The number of nitrogens with two attached hydrogens (primary N) is 1. The van der Waals surface area contributed by atoms with Crippen LogP contribution in [0.1, 0.15) is 27.0 Å². The molecule has 0 fully saturated rings. The summed E-state index contributed by atoms with van der Waals surface area (Å²) in [7, 11) is 4.94. The predicted octanol–water partition coefficient (Wildman–Crippen LogP) is 2.73. The number of nitrogens with zero attached hydrogens (tertiary/aromatic N) is 3. The Morgan fingerprint density at radius 3 is 2.41 bits per heavy atom. The first-order valence-corrected chi connectivity index (χ1v) is 10.2. The zero-order valence-corrected chi connectivity index (χ0v) is 19.2. The lowest BCUT2D eigenvalue weighted by Gasteiger charge is -2.19. The molecule has 4 N–H and O–H groups in total. The van der Waals surface area contributed by atoms with Crippen LogP contribution in [-0.2, 0) is 0 Å². The number of benzene rings is 2. The average Bonchev–Trinajstić information content (AvgIpc) is 2.78. The van der Waals surface area contributed by atoms with Gasteiger partial charge in [0.2, 0.25) is 5.95 Å². The van der Waals surface area contributed by atoms with Gasteiger partial charge < -0.3 is 30.5 Å². The van der Waals surface area contributed by atoms with Gasteiger partial charge in [0.15, 0.2) is 11.5 Å². The van der Waals surface area contributed by atoms with Gasteiger partial charge in [-0.15, -0.1) is 0 Å². The Morgan fingerprint density at radius 2 is 1.75 bits per heavy atom. The van der Waals surface area contributed by atoms with Crippen LogP contribution in [0.3, 0.4) is 0 Å². The monoisotopic (exact) mass is 439 g/mol. The van der Waals surface area contributed by atoms with Crippen LogP contribution in [0.4, 0.5) is 11.8 Å². The van der Waals surface area contributed by atoms with E-state index in [1.54, 1.807) is 46.3 Å². The Labute approximate surface area is 187 Å². The molecule has 32 heavy (non-hydrogen) atoms. The van der Waals surface area contributed by atoms with E-state index in [2.05, 4.69) is 15.3 Å². The van der Waals surface area contributed by atoms with Crippen molar-refractivity contribution in [3.8, 4) is 17.2 Å². The zero-order valence-electron chi connectivity index (χ0n) is 19.2. The molecule has 0 aliphatic heterocycles. The van der Waals surface area contributed by atoms with E-state index in [9.17, 15) is 9.90 Å². The second kappa shape index (κ2) is 9.17. The summed E-state index contributed by atoms with van der Waals surface area (Å²) in [6.07, 6.45) is 0. The van der Waals surface area contributed by atoms with Crippen molar-refractivity contribution >= 4 is 28.6 Å². The predicted molar refractivity (Wildman–Crippen MR) is 125 cm³/mol. The van der Waals surface area contributed by atoms with Crippen LogP contribution < -0.4 is 25.4 Å². The zero-order chi connectivity index (χ0) is 23.6. The number of aryl methyl sites for hydroxylation is 1. The third-order valence-electron chi connectivity index (χ3n) is 5.59. The number of carbonyl (C=O) groups is 1. The van der Waals surface area contributed by atoms with Crippen LogP contribution in [0, 0.1) is 20.8 Å². The van der Waals surface area contributed by atoms with E-state index in [1.165, 1.54) is 0 Å². The minimum atomic E-state index is -0.196. The maximum atomic E-state index is 12.7. The van der Waals surface area contributed by atoms with Crippen LogP contribution in [0.2, 0.25) is 0 Å². The number of aromatic hydroxyl groups is 1. The summed E-state index contributed by atoms with van der Waals surface area (Å²) in [5, 5.41) is 13.6. The van der Waals surface area contributed by atoms with Gasteiger partial charge in [-0.1, -0.05) is 0 Å². The number of hydrogen-bond acceptors (Lipinski definition) is 8. The summed E-state index contributed by atoms with van der Waals surface area (Å²) in [5.74, 6) is 1.89. The molecule has 0 unspecified atom stereocenters. The highest BCUT2D eigenvalue weighted by atomic mass is 16.5. The summed E-state index contributed by atoms with van der Waals surface area (Å²) in [6.45, 7) is 6.25. The highest BCUT2D eigenvalue weighted by Crippen LogP contribution is 2.34. The van der Waals surface area contributed by atoms with E-state index < -0.39 is 0 Å². The SMILES string of the molecule is COc1cc2nc(N(C)CCNC(=O)c3cc(C)c(O)c(C)c3C)nc(N)c2cc1OC. The molecule has 9 nitrogen and oxygen atoms in total. The van der Waals surface area contributed by atoms with Crippen molar-refractivity contribution < 1.29 is 19.4 Å². The second-order valence-electron chi connectivity index (χ2n) is 7.65. The van der Waals surface area contributed by atoms with Crippen molar-refractivity contribution in [2.45, 2.75) is 20.8 Å². The minimum Gasteiger partial charge on any atom is -0.507 e. The van der Waals surface area contributed by atoms with Gasteiger partial charge in [-0.2, -0.15) is 4.98 Å². The number of phenols is 1. The summed E-state index contributed by atoms with van der Waals surface area (Å²) in [6, 6.07) is 5.20. The fourth-order valence-corrected chi connectivity index (χ4v) is 3.47. The average molecular weight is 440 g/mol. The van der Waals surface area contributed by atoms with Crippen molar-refractivity contribution in [2.75, 3.05) is 45.0 Å². The molecule has 1 aromatic heterocycles. The third-order valence-corrected chi connectivity index (χ3v) is 5.59.